The van der Waals surface area contributed by atoms with Crippen molar-refractivity contribution in [2.45, 2.75) is 130 Å². The first-order valence-electron chi connectivity index (χ1n) is 14.0. The Hall–Kier alpha value is -0.860. The van der Waals surface area contributed by atoms with E-state index in [1.165, 1.54) is 57.8 Å². The second-order valence-electron chi connectivity index (χ2n) is 12.5. The Balaban J connectivity index is 1.33. The molecule has 0 heterocycles. The van der Waals surface area contributed by atoms with E-state index in [1.807, 2.05) is 6.92 Å². The van der Waals surface area contributed by atoms with Crippen LogP contribution in [0, 0.1) is 40.4 Å². The number of ether oxygens (including phenoxy) is 1. The molecule has 0 bridgehead atoms. The van der Waals surface area contributed by atoms with Gasteiger partial charge in [-0.3, -0.25) is 9.59 Å². The number of rotatable bonds is 8. The van der Waals surface area contributed by atoms with Crippen molar-refractivity contribution in [3.8, 4) is 0 Å². The Morgan fingerprint density at radius 3 is 2.31 bits per heavy atom. The minimum Gasteiger partial charge on any atom is -0.462 e. The minimum atomic E-state index is 0.0402. The van der Waals surface area contributed by atoms with E-state index >= 15 is 0 Å². The van der Waals surface area contributed by atoms with Crippen LogP contribution < -0.4 is 0 Å². The van der Waals surface area contributed by atoms with Gasteiger partial charge in [-0.1, -0.05) is 46.5 Å². The minimum absolute atomic E-state index is 0.0402. The van der Waals surface area contributed by atoms with Crippen LogP contribution in [-0.2, 0) is 14.3 Å². The summed E-state index contributed by atoms with van der Waals surface area (Å²) in [4.78, 5) is 24.8. The molecule has 4 fully saturated rings. The molecule has 0 radical (unpaired) electrons. The van der Waals surface area contributed by atoms with Crippen LogP contribution in [0.15, 0.2) is 0 Å². The van der Waals surface area contributed by atoms with Gasteiger partial charge in [0.1, 0.15) is 11.9 Å². The third-order valence-corrected chi connectivity index (χ3v) is 10.9. The topological polar surface area (TPSA) is 43.4 Å². The highest BCUT2D eigenvalue weighted by molar-refractivity contribution is 5.79. The molecule has 3 heteroatoms. The quantitative estimate of drug-likeness (QED) is 0.287. The van der Waals surface area contributed by atoms with Crippen LogP contribution in [0.4, 0.5) is 0 Å². The summed E-state index contributed by atoms with van der Waals surface area (Å²) in [7, 11) is 0. The number of fused-ring (bicyclic) bond motifs is 5. The van der Waals surface area contributed by atoms with Gasteiger partial charge < -0.3 is 4.74 Å². The number of ketones is 1. The average molecular weight is 445 g/mol. The van der Waals surface area contributed by atoms with Crippen molar-refractivity contribution in [2.75, 3.05) is 0 Å². The van der Waals surface area contributed by atoms with E-state index in [0.29, 0.717) is 29.5 Å². The van der Waals surface area contributed by atoms with Gasteiger partial charge in [0.2, 0.25) is 0 Å². The SMILES string of the molecule is CCCCCCCC(=O)O[C@@H]1CC[C@@]2(C)[C@@H](CC[C@@H]3[C@@H]2CC[C@]2(C)[C@@H](C(C)=O)CC[C@@H]32)C1. The molecule has 0 spiro atoms. The first-order chi connectivity index (χ1) is 15.3. The van der Waals surface area contributed by atoms with E-state index in [9.17, 15) is 9.59 Å². The number of hydrogen-bond acceptors (Lipinski definition) is 3. The summed E-state index contributed by atoms with van der Waals surface area (Å²) in [5.41, 5.74) is 0.654. The van der Waals surface area contributed by atoms with E-state index in [2.05, 4.69) is 20.8 Å². The van der Waals surface area contributed by atoms with E-state index < -0.39 is 0 Å². The first-order valence-corrected chi connectivity index (χ1v) is 14.0. The van der Waals surface area contributed by atoms with E-state index in [0.717, 1.165) is 49.9 Å². The molecular formula is C29H48O3. The van der Waals surface area contributed by atoms with Gasteiger partial charge in [0.15, 0.2) is 0 Å². The second kappa shape index (κ2) is 9.79. The van der Waals surface area contributed by atoms with Gasteiger partial charge in [-0.05, 0) is 106 Å². The molecule has 4 aliphatic rings. The Morgan fingerprint density at radius 1 is 0.844 bits per heavy atom. The zero-order valence-electron chi connectivity index (χ0n) is 21.3. The smallest absolute Gasteiger partial charge is 0.306 e. The van der Waals surface area contributed by atoms with Crippen LogP contribution in [0.25, 0.3) is 0 Å². The predicted octanol–water partition coefficient (Wildman–Crippen LogP) is 7.51. The van der Waals surface area contributed by atoms with Crippen molar-refractivity contribution in [3.63, 3.8) is 0 Å². The van der Waals surface area contributed by atoms with Crippen molar-refractivity contribution in [1.82, 2.24) is 0 Å². The molecule has 8 atom stereocenters. The fourth-order valence-corrected chi connectivity index (χ4v) is 9.11. The summed E-state index contributed by atoms with van der Waals surface area (Å²) < 4.78 is 5.98. The van der Waals surface area contributed by atoms with Crippen molar-refractivity contribution in [1.29, 1.82) is 0 Å². The van der Waals surface area contributed by atoms with Crippen LogP contribution in [0.2, 0.25) is 0 Å². The van der Waals surface area contributed by atoms with Gasteiger partial charge in [-0.15, -0.1) is 0 Å². The molecule has 0 amide bonds. The molecule has 4 aliphatic carbocycles. The van der Waals surface area contributed by atoms with Gasteiger partial charge in [0.25, 0.3) is 0 Å². The summed E-state index contributed by atoms with van der Waals surface area (Å²) in [6, 6.07) is 0. The third-order valence-electron chi connectivity index (χ3n) is 10.9. The Kier molecular flexibility index (Phi) is 7.42. The highest BCUT2D eigenvalue weighted by Gasteiger charge is 2.60. The number of Topliss-reactive ketones (excluding diaryl/α,β-unsaturated/α-hetero) is 1. The Labute approximate surface area is 196 Å². The molecule has 0 saturated heterocycles. The molecule has 0 aromatic rings. The average Bonchev–Trinajstić information content (AvgIpc) is 3.11. The molecular weight excluding hydrogens is 396 g/mol. The lowest BCUT2D eigenvalue weighted by Crippen LogP contribution is -2.54. The molecule has 0 unspecified atom stereocenters. The van der Waals surface area contributed by atoms with Gasteiger partial charge in [0, 0.05) is 12.3 Å². The van der Waals surface area contributed by atoms with Crippen molar-refractivity contribution < 1.29 is 14.3 Å². The molecule has 182 valence electrons. The lowest BCUT2D eigenvalue weighted by atomic mass is 9.44. The number of hydrogen-bond donors (Lipinski definition) is 0. The maximum atomic E-state index is 12.4. The highest BCUT2D eigenvalue weighted by Crippen LogP contribution is 2.67. The molecule has 0 aromatic heterocycles. The molecule has 0 aliphatic heterocycles. The summed E-state index contributed by atoms with van der Waals surface area (Å²) in [5, 5.41) is 0. The van der Waals surface area contributed by atoms with E-state index in [-0.39, 0.29) is 17.5 Å². The maximum Gasteiger partial charge on any atom is 0.306 e. The Morgan fingerprint density at radius 2 is 1.56 bits per heavy atom. The standard InChI is InChI=1S/C29H48O3/c1-5-6-7-8-9-10-27(31)32-22-15-17-28(3)21(19-22)11-12-23-25-14-13-24(20(2)30)29(25,4)18-16-26(23)28/h21-26H,5-19H2,1-4H3/t21-,22+,23-,24+,25-,26-,28-,29+/m0/s1. The lowest BCUT2D eigenvalue weighted by molar-refractivity contribution is -0.163. The molecule has 0 aromatic carbocycles. The molecule has 0 N–H and O–H groups in total. The first kappa shape index (κ1) is 24.3. The number of carbonyl (C=O) groups is 2. The monoisotopic (exact) mass is 444 g/mol. The number of unbranched alkanes of at least 4 members (excludes halogenated alkanes) is 4. The molecule has 4 saturated carbocycles. The fraction of sp³-hybridized carbons (Fsp3) is 0.931. The van der Waals surface area contributed by atoms with Crippen LogP contribution in [0.3, 0.4) is 0 Å². The van der Waals surface area contributed by atoms with Crippen molar-refractivity contribution in [3.05, 3.63) is 0 Å². The lowest BCUT2D eigenvalue weighted by Gasteiger charge is -2.61. The zero-order chi connectivity index (χ0) is 22.9. The summed E-state index contributed by atoms with van der Waals surface area (Å²) in [5.74, 6) is 3.84. The molecule has 4 rings (SSSR count). The van der Waals surface area contributed by atoms with Crippen LogP contribution in [0.1, 0.15) is 124 Å². The fourth-order valence-electron chi connectivity index (χ4n) is 9.11. The van der Waals surface area contributed by atoms with Crippen LogP contribution in [0.5, 0.6) is 0 Å². The predicted molar refractivity (Wildman–Crippen MR) is 129 cm³/mol. The van der Waals surface area contributed by atoms with E-state index in [1.54, 1.807) is 0 Å². The van der Waals surface area contributed by atoms with E-state index in [4.69, 9.17) is 4.74 Å². The zero-order valence-corrected chi connectivity index (χ0v) is 21.3. The van der Waals surface area contributed by atoms with Gasteiger partial charge >= 0.3 is 5.97 Å². The normalized spacial score (nSPS) is 43.1. The summed E-state index contributed by atoms with van der Waals surface area (Å²) in [6.07, 6.45) is 17.5. The van der Waals surface area contributed by atoms with Crippen molar-refractivity contribution in [2.24, 2.45) is 40.4 Å². The highest BCUT2D eigenvalue weighted by atomic mass is 16.5. The number of carbonyl (C=O) groups excluding carboxylic acids is 2. The Bertz CT molecular complexity index is 686. The van der Waals surface area contributed by atoms with Gasteiger partial charge in [-0.25, -0.2) is 0 Å². The molecule has 3 nitrogen and oxygen atoms in total. The molecule has 32 heavy (non-hydrogen) atoms. The largest absolute Gasteiger partial charge is 0.462 e. The third kappa shape index (κ3) is 4.43. The summed E-state index contributed by atoms with van der Waals surface area (Å²) >= 11 is 0. The summed E-state index contributed by atoms with van der Waals surface area (Å²) in [6.45, 7) is 9.07. The second-order valence-corrected chi connectivity index (χ2v) is 12.5. The maximum absolute atomic E-state index is 12.4. The van der Waals surface area contributed by atoms with Crippen LogP contribution in [-0.4, -0.2) is 17.9 Å². The van der Waals surface area contributed by atoms with Crippen LogP contribution >= 0.6 is 0 Å². The number of esters is 1. The van der Waals surface area contributed by atoms with Crippen molar-refractivity contribution >= 4 is 11.8 Å². The van der Waals surface area contributed by atoms with Gasteiger partial charge in [0.05, 0.1) is 0 Å². The van der Waals surface area contributed by atoms with Gasteiger partial charge in [-0.2, -0.15) is 0 Å².